The summed E-state index contributed by atoms with van der Waals surface area (Å²) < 4.78 is 72.1. The minimum Gasteiger partial charge on any atom is -0.479 e. The summed E-state index contributed by atoms with van der Waals surface area (Å²) in [6, 6.07) is 20.1. The first kappa shape index (κ1) is 28.5. The third kappa shape index (κ3) is 5.50. The number of rotatable bonds is 8. The van der Waals surface area contributed by atoms with E-state index in [0.29, 0.717) is 5.56 Å². The number of hydrogen-bond donors (Lipinski definition) is 0. The minimum absolute atomic E-state index is 0.166. The number of hydrogen-bond acceptors (Lipinski definition) is 9. The monoisotopic (exact) mass is 598 g/mol. The summed E-state index contributed by atoms with van der Waals surface area (Å²) in [6.45, 7) is 3.30. The Morgan fingerprint density at radius 1 is 0.814 bits per heavy atom. The van der Waals surface area contributed by atoms with E-state index >= 15 is 0 Å². The van der Waals surface area contributed by atoms with Crippen molar-refractivity contribution in [2.75, 3.05) is 0 Å². The topological polar surface area (TPSA) is 107 Å². The molecule has 43 heavy (non-hydrogen) atoms. The van der Waals surface area contributed by atoms with E-state index < -0.39 is 71.9 Å². The van der Waals surface area contributed by atoms with E-state index in [1.54, 1.807) is 74.5 Å². The van der Waals surface area contributed by atoms with Crippen molar-refractivity contribution in [1.82, 2.24) is 0 Å². The molecule has 0 radical (unpaired) electrons. The fourth-order valence-corrected chi connectivity index (χ4v) is 5.70. The molecule has 0 N–H and O–H groups in total. The number of esters is 3. The van der Waals surface area contributed by atoms with E-state index in [2.05, 4.69) is 4.74 Å². The van der Waals surface area contributed by atoms with Crippen molar-refractivity contribution in [3.63, 3.8) is 0 Å². The minimum atomic E-state index is -5.02. The SMILES string of the molecule is CC(C)(Oc1cc(C(=O)OC2C3OC(=O)C4C3OC2C4C(=O)Oc2ccccc2)ccc1OC(F)(F)F)c1ccccc1. The highest BCUT2D eigenvalue weighted by atomic mass is 19.4. The van der Waals surface area contributed by atoms with Gasteiger partial charge in [-0.2, -0.15) is 0 Å². The number of alkyl halides is 3. The standard InChI is InChI=1S/C31H25F3O9/c1-30(2,17-9-5-3-6-10-17)42-20-15-16(13-14-19(20)43-31(32,33)34)27(35)40-25-23-21(22-24(39-23)26(25)41-29(22)37)28(36)38-18-11-7-4-8-12-18/h3-15,21-26H,1-2H3. The van der Waals surface area contributed by atoms with E-state index in [4.69, 9.17) is 23.7 Å². The smallest absolute Gasteiger partial charge is 0.479 e. The molecule has 0 aromatic heterocycles. The van der Waals surface area contributed by atoms with Crippen LogP contribution in [0.5, 0.6) is 17.2 Å². The predicted octanol–water partition coefficient (Wildman–Crippen LogP) is 4.97. The summed E-state index contributed by atoms with van der Waals surface area (Å²) in [5.41, 5.74) is -0.628. The van der Waals surface area contributed by atoms with Crippen molar-refractivity contribution < 1.29 is 56.0 Å². The highest BCUT2D eigenvalue weighted by Gasteiger charge is 2.72. The fraction of sp³-hybridized carbons (Fsp3) is 0.323. The molecule has 6 unspecified atom stereocenters. The maximum Gasteiger partial charge on any atom is 0.573 e. The second-order valence-corrected chi connectivity index (χ2v) is 10.8. The maximum atomic E-state index is 13.3. The molecule has 0 amide bonds. The fourth-order valence-electron chi connectivity index (χ4n) is 5.70. The molecule has 3 aromatic rings. The molecule has 3 aliphatic heterocycles. The Hall–Kier alpha value is -4.58. The molecule has 2 bridgehead atoms. The number of para-hydroxylation sites is 1. The van der Waals surface area contributed by atoms with Crippen LogP contribution in [0, 0.1) is 11.8 Å². The Morgan fingerprint density at radius 2 is 1.49 bits per heavy atom. The normalized spacial score (nSPS) is 25.7. The molecule has 3 fully saturated rings. The highest BCUT2D eigenvalue weighted by Crippen LogP contribution is 2.51. The Morgan fingerprint density at radius 3 is 2.16 bits per heavy atom. The van der Waals surface area contributed by atoms with Gasteiger partial charge < -0.3 is 28.4 Å². The van der Waals surface area contributed by atoms with Crippen LogP contribution in [0.4, 0.5) is 13.2 Å². The zero-order chi connectivity index (χ0) is 30.5. The largest absolute Gasteiger partial charge is 0.573 e. The number of carbonyl (C=O) groups is 3. The lowest BCUT2D eigenvalue weighted by atomic mass is 9.78. The Balaban J connectivity index is 1.25. The van der Waals surface area contributed by atoms with Gasteiger partial charge in [-0.3, -0.25) is 9.59 Å². The van der Waals surface area contributed by atoms with Crippen LogP contribution in [0.1, 0.15) is 29.8 Å². The van der Waals surface area contributed by atoms with Crippen molar-refractivity contribution >= 4 is 17.9 Å². The molecule has 3 saturated heterocycles. The van der Waals surface area contributed by atoms with Gasteiger partial charge in [0.25, 0.3) is 0 Å². The lowest BCUT2D eigenvalue weighted by molar-refractivity contribution is -0.275. The summed E-state index contributed by atoms with van der Waals surface area (Å²) in [4.78, 5) is 39.1. The number of benzene rings is 3. The summed E-state index contributed by atoms with van der Waals surface area (Å²) in [5, 5.41) is 0. The molecule has 3 heterocycles. The van der Waals surface area contributed by atoms with Gasteiger partial charge >= 0.3 is 24.3 Å². The van der Waals surface area contributed by atoms with Gasteiger partial charge in [-0.05, 0) is 49.7 Å². The average Bonchev–Trinajstić information content (AvgIpc) is 3.58. The van der Waals surface area contributed by atoms with Crippen molar-refractivity contribution in [2.24, 2.45) is 11.8 Å². The van der Waals surface area contributed by atoms with Crippen molar-refractivity contribution in [3.05, 3.63) is 90.0 Å². The quantitative estimate of drug-likeness (QED) is 0.263. The maximum absolute atomic E-state index is 13.3. The highest BCUT2D eigenvalue weighted by molar-refractivity contribution is 5.91. The molecular formula is C31H25F3O9. The van der Waals surface area contributed by atoms with Gasteiger partial charge in [0.15, 0.2) is 23.7 Å². The van der Waals surface area contributed by atoms with Gasteiger partial charge in [0.2, 0.25) is 0 Å². The number of fused-ring (bicyclic) bond motifs is 1. The summed E-state index contributed by atoms with van der Waals surface area (Å²) in [5.74, 6) is -5.14. The molecule has 6 atom stereocenters. The molecule has 224 valence electrons. The molecule has 6 rings (SSSR count). The third-order valence-electron chi connectivity index (χ3n) is 7.62. The van der Waals surface area contributed by atoms with Crippen molar-refractivity contribution in [2.45, 2.75) is 50.2 Å². The molecule has 12 heteroatoms. The van der Waals surface area contributed by atoms with Crippen LogP contribution >= 0.6 is 0 Å². The van der Waals surface area contributed by atoms with Crippen LogP contribution < -0.4 is 14.2 Å². The first-order chi connectivity index (χ1) is 20.4. The van der Waals surface area contributed by atoms with Gasteiger partial charge in [-0.25, -0.2) is 4.79 Å². The van der Waals surface area contributed by atoms with Crippen LogP contribution in [-0.4, -0.2) is 48.7 Å². The van der Waals surface area contributed by atoms with Crippen LogP contribution in [0.25, 0.3) is 0 Å². The number of ether oxygens (including phenoxy) is 6. The van der Waals surface area contributed by atoms with E-state index in [1.807, 2.05) is 0 Å². The zero-order valence-corrected chi connectivity index (χ0v) is 22.8. The van der Waals surface area contributed by atoms with E-state index in [-0.39, 0.29) is 17.1 Å². The third-order valence-corrected chi connectivity index (χ3v) is 7.62. The predicted molar refractivity (Wildman–Crippen MR) is 140 cm³/mol. The number of carbonyl (C=O) groups excluding carboxylic acids is 3. The van der Waals surface area contributed by atoms with Crippen LogP contribution in [0.2, 0.25) is 0 Å². The first-order valence-electron chi connectivity index (χ1n) is 13.4. The Labute approximate surface area is 243 Å². The van der Waals surface area contributed by atoms with Crippen molar-refractivity contribution in [1.29, 1.82) is 0 Å². The number of halogens is 3. The zero-order valence-electron chi connectivity index (χ0n) is 22.8. The lowest BCUT2D eigenvalue weighted by Gasteiger charge is -2.29. The summed E-state index contributed by atoms with van der Waals surface area (Å²) in [7, 11) is 0. The van der Waals surface area contributed by atoms with Gasteiger partial charge in [0.1, 0.15) is 35.4 Å². The lowest BCUT2D eigenvalue weighted by Crippen LogP contribution is -2.48. The summed E-state index contributed by atoms with van der Waals surface area (Å²) in [6.07, 6.45) is -8.99. The Kier molecular flexibility index (Phi) is 7.04. The van der Waals surface area contributed by atoms with E-state index in [1.165, 1.54) is 0 Å². The molecule has 0 aliphatic carbocycles. The van der Waals surface area contributed by atoms with Crippen LogP contribution in [-0.2, 0) is 29.4 Å². The van der Waals surface area contributed by atoms with Gasteiger partial charge in [0.05, 0.1) is 5.56 Å². The molecule has 0 spiro atoms. The average molecular weight is 599 g/mol. The molecule has 3 aliphatic rings. The summed E-state index contributed by atoms with van der Waals surface area (Å²) >= 11 is 0. The van der Waals surface area contributed by atoms with Crippen molar-refractivity contribution in [3.8, 4) is 17.2 Å². The second kappa shape index (κ2) is 10.6. The Bertz CT molecular complexity index is 1540. The molecule has 0 saturated carbocycles. The van der Waals surface area contributed by atoms with E-state index in [9.17, 15) is 27.6 Å². The first-order valence-corrected chi connectivity index (χ1v) is 13.4. The van der Waals surface area contributed by atoms with E-state index in [0.717, 1.165) is 18.2 Å². The molecule has 9 nitrogen and oxygen atoms in total. The van der Waals surface area contributed by atoms with Gasteiger partial charge in [0, 0.05) is 0 Å². The van der Waals surface area contributed by atoms with Gasteiger partial charge in [-0.1, -0.05) is 48.5 Å². The molecular weight excluding hydrogens is 573 g/mol. The second-order valence-electron chi connectivity index (χ2n) is 10.8. The van der Waals surface area contributed by atoms with Gasteiger partial charge in [-0.15, -0.1) is 13.2 Å². The molecule has 3 aromatic carbocycles. The van der Waals surface area contributed by atoms with Crippen LogP contribution in [0.3, 0.4) is 0 Å². The van der Waals surface area contributed by atoms with Crippen LogP contribution in [0.15, 0.2) is 78.9 Å².